The number of hydrogen-bond acceptors (Lipinski definition) is 1. The fourth-order valence-corrected chi connectivity index (χ4v) is 1.53. The van der Waals surface area contributed by atoms with Crippen LogP contribution in [-0.4, -0.2) is 6.61 Å². The molecule has 0 aliphatic carbocycles. The number of ether oxygens (including phenoxy) is 1. The molecule has 0 saturated carbocycles. The summed E-state index contributed by atoms with van der Waals surface area (Å²) in [6.07, 6.45) is 1.08. The van der Waals surface area contributed by atoms with Crippen LogP contribution >= 0.6 is 0 Å². The molecule has 0 saturated heterocycles. The Labute approximate surface area is 106 Å². The van der Waals surface area contributed by atoms with E-state index in [2.05, 4.69) is 59.7 Å². The van der Waals surface area contributed by atoms with Crippen molar-refractivity contribution in [3.05, 3.63) is 29.8 Å². The van der Waals surface area contributed by atoms with Gasteiger partial charge in [-0.3, -0.25) is 0 Å². The fourth-order valence-electron chi connectivity index (χ4n) is 1.53. The maximum Gasteiger partial charge on any atom is 0.119 e. The SMILES string of the molecule is CC(C)(C)CCOc1cccc(C(C)(C)C)c1. The second-order valence-corrected chi connectivity index (χ2v) is 6.94. The molecule has 0 aliphatic rings. The van der Waals surface area contributed by atoms with E-state index in [4.69, 9.17) is 4.74 Å². The lowest BCUT2D eigenvalue weighted by Crippen LogP contribution is -2.13. The zero-order valence-electron chi connectivity index (χ0n) is 12.1. The van der Waals surface area contributed by atoms with Gasteiger partial charge in [0.05, 0.1) is 6.61 Å². The van der Waals surface area contributed by atoms with Crippen molar-refractivity contribution in [3.63, 3.8) is 0 Å². The third kappa shape index (κ3) is 5.25. The Hall–Kier alpha value is -0.980. The van der Waals surface area contributed by atoms with Crippen LogP contribution in [0.4, 0.5) is 0 Å². The lowest BCUT2D eigenvalue weighted by atomic mass is 9.87. The monoisotopic (exact) mass is 234 g/mol. The van der Waals surface area contributed by atoms with Crippen molar-refractivity contribution in [1.29, 1.82) is 0 Å². The minimum absolute atomic E-state index is 0.184. The van der Waals surface area contributed by atoms with E-state index < -0.39 is 0 Å². The zero-order valence-corrected chi connectivity index (χ0v) is 12.1. The summed E-state index contributed by atoms with van der Waals surface area (Å²) >= 11 is 0. The Bertz CT molecular complexity index is 353. The van der Waals surface area contributed by atoms with Crippen LogP contribution in [0.25, 0.3) is 0 Å². The van der Waals surface area contributed by atoms with Gasteiger partial charge in [0.15, 0.2) is 0 Å². The molecule has 1 rings (SSSR count). The van der Waals surface area contributed by atoms with Gasteiger partial charge in [-0.2, -0.15) is 0 Å². The molecule has 0 fully saturated rings. The van der Waals surface area contributed by atoms with Gasteiger partial charge in [-0.15, -0.1) is 0 Å². The molecular formula is C16H26O. The van der Waals surface area contributed by atoms with Crippen molar-refractivity contribution in [2.45, 2.75) is 53.4 Å². The summed E-state index contributed by atoms with van der Waals surface area (Å²) in [5, 5.41) is 0. The topological polar surface area (TPSA) is 9.23 Å². The Kier molecular flexibility index (Phi) is 4.24. The van der Waals surface area contributed by atoms with E-state index in [0.29, 0.717) is 5.41 Å². The molecule has 0 spiro atoms. The van der Waals surface area contributed by atoms with Gasteiger partial charge in [-0.25, -0.2) is 0 Å². The molecule has 1 aromatic carbocycles. The highest BCUT2D eigenvalue weighted by atomic mass is 16.5. The van der Waals surface area contributed by atoms with Gasteiger partial charge >= 0.3 is 0 Å². The average Bonchev–Trinajstić information content (AvgIpc) is 2.15. The van der Waals surface area contributed by atoms with Gasteiger partial charge in [0, 0.05) is 0 Å². The van der Waals surface area contributed by atoms with E-state index in [9.17, 15) is 0 Å². The molecule has 1 nitrogen and oxygen atoms in total. The van der Waals surface area contributed by atoms with Crippen LogP contribution in [-0.2, 0) is 5.41 Å². The fraction of sp³-hybridized carbons (Fsp3) is 0.625. The van der Waals surface area contributed by atoms with Crippen molar-refractivity contribution in [3.8, 4) is 5.75 Å². The normalized spacial score (nSPS) is 12.6. The van der Waals surface area contributed by atoms with Gasteiger partial charge in [-0.05, 0) is 34.9 Å². The maximum absolute atomic E-state index is 5.82. The molecule has 0 unspecified atom stereocenters. The molecule has 0 atom stereocenters. The highest BCUT2D eigenvalue weighted by molar-refractivity contribution is 5.32. The van der Waals surface area contributed by atoms with E-state index in [1.165, 1.54) is 5.56 Å². The first-order valence-corrected chi connectivity index (χ1v) is 6.42. The van der Waals surface area contributed by atoms with Gasteiger partial charge in [0.2, 0.25) is 0 Å². The van der Waals surface area contributed by atoms with Gasteiger partial charge in [0.1, 0.15) is 5.75 Å². The lowest BCUT2D eigenvalue weighted by Gasteiger charge is -2.21. The maximum atomic E-state index is 5.82. The van der Waals surface area contributed by atoms with E-state index in [0.717, 1.165) is 18.8 Å². The van der Waals surface area contributed by atoms with E-state index in [1.807, 2.05) is 6.07 Å². The van der Waals surface area contributed by atoms with Crippen LogP contribution in [0.5, 0.6) is 5.75 Å². The quantitative estimate of drug-likeness (QED) is 0.730. The largest absolute Gasteiger partial charge is 0.494 e. The summed E-state index contributed by atoms with van der Waals surface area (Å²) in [4.78, 5) is 0. The molecule has 0 heterocycles. The van der Waals surface area contributed by atoms with E-state index in [-0.39, 0.29) is 5.41 Å². The first-order chi connectivity index (χ1) is 7.68. The van der Waals surface area contributed by atoms with Crippen LogP contribution < -0.4 is 4.74 Å². The molecule has 0 aliphatic heterocycles. The van der Waals surface area contributed by atoms with Crippen LogP contribution in [0.3, 0.4) is 0 Å². The van der Waals surface area contributed by atoms with Crippen molar-refractivity contribution in [1.82, 2.24) is 0 Å². The van der Waals surface area contributed by atoms with Crippen LogP contribution in [0.2, 0.25) is 0 Å². The third-order valence-electron chi connectivity index (χ3n) is 2.82. The highest BCUT2D eigenvalue weighted by Gasteiger charge is 2.14. The summed E-state index contributed by atoms with van der Waals surface area (Å²) in [5.41, 5.74) is 1.84. The Morgan fingerprint density at radius 2 is 1.65 bits per heavy atom. The van der Waals surface area contributed by atoms with Crippen LogP contribution in [0, 0.1) is 5.41 Å². The molecule has 0 amide bonds. The predicted molar refractivity (Wildman–Crippen MR) is 74.7 cm³/mol. The van der Waals surface area contributed by atoms with Gasteiger partial charge in [-0.1, -0.05) is 53.7 Å². The lowest BCUT2D eigenvalue weighted by molar-refractivity contribution is 0.242. The molecule has 0 radical (unpaired) electrons. The molecule has 0 aromatic heterocycles. The molecule has 1 heteroatoms. The predicted octanol–water partition coefficient (Wildman–Crippen LogP) is 4.80. The number of rotatable bonds is 3. The molecule has 1 aromatic rings. The average molecular weight is 234 g/mol. The summed E-state index contributed by atoms with van der Waals surface area (Å²) in [6, 6.07) is 8.43. The highest BCUT2D eigenvalue weighted by Crippen LogP contribution is 2.26. The number of benzene rings is 1. The van der Waals surface area contributed by atoms with Gasteiger partial charge < -0.3 is 4.74 Å². The van der Waals surface area contributed by atoms with Crippen molar-refractivity contribution >= 4 is 0 Å². The molecular weight excluding hydrogens is 208 g/mol. The molecule has 17 heavy (non-hydrogen) atoms. The van der Waals surface area contributed by atoms with Crippen LogP contribution in [0.15, 0.2) is 24.3 Å². The summed E-state index contributed by atoms with van der Waals surface area (Å²) in [7, 11) is 0. The Balaban J connectivity index is 2.61. The number of hydrogen-bond donors (Lipinski definition) is 0. The minimum atomic E-state index is 0.184. The van der Waals surface area contributed by atoms with Gasteiger partial charge in [0.25, 0.3) is 0 Å². The van der Waals surface area contributed by atoms with Crippen molar-refractivity contribution in [2.24, 2.45) is 5.41 Å². The smallest absolute Gasteiger partial charge is 0.119 e. The summed E-state index contributed by atoms with van der Waals surface area (Å²) < 4.78 is 5.82. The molecule has 0 N–H and O–H groups in total. The van der Waals surface area contributed by atoms with Crippen molar-refractivity contribution < 1.29 is 4.74 Å². The third-order valence-corrected chi connectivity index (χ3v) is 2.82. The van der Waals surface area contributed by atoms with Crippen LogP contribution in [0.1, 0.15) is 53.5 Å². The first kappa shape index (κ1) is 14.1. The Morgan fingerprint density at radius 3 is 2.18 bits per heavy atom. The molecule has 96 valence electrons. The second kappa shape index (κ2) is 5.12. The standard InChI is InChI=1S/C16H26O/c1-15(2,3)10-11-17-14-9-7-8-13(12-14)16(4,5)6/h7-9,12H,10-11H2,1-6H3. The second-order valence-electron chi connectivity index (χ2n) is 6.94. The first-order valence-electron chi connectivity index (χ1n) is 6.42. The van der Waals surface area contributed by atoms with Crippen molar-refractivity contribution in [2.75, 3.05) is 6.61 Å². The zero-order chi connectivity index (χ0) is 13.1. The molecule has 0 bridgehead atoms. The minimum Gasteiger partial charge on any atom is -0.494 e. The van der Waals surface area contributed by atoms with E-state index >= 15 is 0 Å². The van der Waals surface area contributed by atoms with E-state index in [1.54, 1.807) is 0 Å². The summed E-state index contributed by atoms with van der Waals surface area (Å²) in [5.74, 6) is 0.988. The summed E-state index contributed by atoms with van der Waals surface area (Å²) in [6.45, 7) is 14.2. The Morgan fingerprint density at radius 1 is 1.00 bits per heavy atom.